The van der Waals surface area contributed by atoms with Crippen molar-refractivity contribution in [3.05, 3.63) is 81.8 Å². The molecule has 2 fully saturated rings. The Bertz CT molecular complexity index is 1670. The number of carbonyl (C=O) groups is 5. The number of hydrogen-bond donors (Lipinski definition) is 4. The number of hydrogen-bond acceptors (Lipinski definition) is 5. The molecule has 49 heavy (non-hydrogen) atoms. The fraction of sp³-hybridized carbons (Fsp3) is 0.432. The first kappa shape index (κ1) is 36.1. The fourth-order valence-electron chi connectivity index (χ4n) is 7.06. The van der Waals surface area contributed by atoms with Gasteiger partial charge in [-0.3, -0.25) is 24.0 Å². The third-order valence-corrected chi connectivity index (χ3v) is 10.3. The predicted molar refractivity (Wildman–Crippen MR) is 188 cm³/mol. The molecule has 0 radical (unpaired) electrons. The highest BCUT2D eigenvalue weighted by Gasteiger charge is 2.39. The Balaban J connectivity index is 1.24. The van der Waals surface area contributed by atoms with E-state index >= 15 is 0 Å². The van der Waals surface area contributed by atoms with Crippen LogP contribution in [0.15, 0.2) is 60.7 Å². The van der Waals surface area contributed by atoms with Gasteiger partial charge in [-0.05, 0) is 78.5 Å². The van der Waals surface area contributed by atoms with Crippen LogP contribution in [0.1, 0.15) is 80.1 Å². The molecular formula is C37H42Cl2N4O6. The minimum atomic E-state index is -1.11. The molecule has 4 N–H and O–H groups in total. The monoisotopic (exact) mass is 708 g/mol. The van der Waals surface area contributed by atoms with Gasteiger partial charge in [-0.25, -0.2) is 0 Å². The zero-order valence-electron chi connectivity index (χ0n) is 27.3. The molecule has 3 aromatic carbocycles. The van der Waals surface area contributed by atoms with Gasteiger partial charge in [0.2, 0.25) is 17.7 Å². The van der Waals surface area contributed by atoms with Crippen LogP contribution in [0, 0.1) is 5.41 Å². The number of likely N-dealkylation sites (tertiary alicyclic amines) is 1. The van der Waals surface area contributed by atoms with E-state index in [0.717, 1.165) is 29.2 Å². The summed E-state index contributed by atoms with van der Waals surface area (Å²) in [6.07, 6.45) is 5.89. The van der Waals surface area contributed by atoms with Crippen LogP contribution in [0.2, 0.25) is 10.0 Å². The summed E-state index contributed by atoms with van der Waals surface area (Å²) in [5.41, 5.74) is 1.34. The third-order valence-electron chi connectivity index (χ3n) is 9.82. The average Bonchev–Trinajstić information content (AvgIpc) is 3.54. The van der Waals surface area contributed by atoms with Crippen LogP contribution in [0.5, 0.6) is 0 Å². The molecule has 1 heterocycles. The number of carboxylic acid groups (broad SMARTS) is 1. The molecule has 0 unspecified atom stereocenters. The second kappa shape index (κ2) is 16.5. The first-order valence-electron chi connectivity index (χ1n) is 16.8. The summed E-state index contributed by atoms with van der Waals surface area (Å²) in [5, 5.41) is 20.1. The summed E-state index contributed by atoms with van der Waals surface area (Å²) in [6.45, 7) is 1.34. The topological polar surface area (TPSA) is 145 Å². The van der Waals surface area contributed by atoms with Crippen molar-refractivity contribution in [1.29, 1.82) is 0 Å². The van der Waals surface area contributed by atoms with Gasteiger partial charge >= 0.3 is 5.97 Å². The normalized spacial score (nSPS) is 16.6. The Kier molecular flexibility index (Phi) is 12.2. The summed E-state index contributed by atoms with van der Waals surface area (Å²) in [5.74, 6) is -3.00. The van der Waals surface area contributed by atoms with Crippen LogP contribution in [0.4, 0.5) is 0 Å². The van der Waals surface area contributed by atoms with Crippen LogP contribution >= 0.6 is 23.2 Å². The average molecular weight is 710 g/mol. The Hall–Kier alpha value is -4.15. The lowest BCUT2D eigenvalue weighted by Gasteiger charge is -2.40. The molecule has 260 valence electrons. The van der Waals surface area contributed by atoms with Gasteiger partial charge in [0.15, 0.2) is 0 Å². The van der Waals surface area contributed by atoms with Crippen molar-refractivity contribution in [1.82, 2.24) is 20.9 Å². The zero-order chi connectivity index (χ0) is 35.0. The molecule has 2 atom stereocenters. The highest BCUT2D eigenvalue weighted by atomic mass is 35.5. The summed E-state index contributed by atoms with van der Waals surface area (Å²) in [4.78, 5) is 66.8. The summed E-state index contributed by atoms with van der Waals surface area (Å²) in [7, 11) is 0. The van der Waals surface area contributed by atoms with E-state index in [1.807, 2.05) is 42.5 Å². The number of fused-ring (bicyclic) bond motifs is 1. The lowest BCUT2D eigenvalue weighted by atomic mass is 9.77. The second-order valence-electron chi connectivity index (χ2n) is 13.2. The molecule has 4 amide bonds. The molecule has 5 rings (SSSR count). The van der Waals surface area contributed by atoms with Gasteiger partial charge in [-0.15, -0.1) is 0 Å². The number of carboxylic acids is 1. The smallest absolute Gasteiger partial charge is 0.303 e. The number of nitrogens with zero attached hydrogens (tertiary/aromatic N) is 1. The quantitative estimate of drug-likeness (QED) is 0.175. The highest BCUT2D eigenvalue weighted by molar-refractivity contribution is 6.35. The molecule has 1 saturated heterocycles. The lowest BCUT2D eigenvalue weighted by Crippen LogP contribution is -2.52. The number of carbonyl (C=O) groups excluding carboxylic acids is 4. The maximum Gasteiger partial charge on any atom is 0.303 e. The standard InChI is InChI=1S/C37H42Cl2N4O6/c38-27-20-26(21-28(39)22-27)34(47)42-31(36(49)43-18-16-37(17-19-43)14-3-4-15-37)10-12-32(44)41-30(11-13-33(45)46)35(48)40-23-25-8-5-7-24-6-1-2-9-29(24)25/h1-2,5-9,20-22,30-31H,3-4,10-19,23H2,(H,40,48)(H,41,44)(H,42,47)(H,45,46)/t30-,31+/m0/s1. The van der Waals surface area contributed by atoms with E-state index in [0.29, 0.717) is 13.1 Å². The number of halogens is 2. The molecule has 0 bridgehead atoms. The zero-order valence-corrected chi connectivity index (χ0v) is 28.8. The van der Waals surface area contributed by atoms with Crippen molar-refractivity contribution < 1.29 is 29.1 Å². The molecule has 1 spiro atoms. The third kappa shape index (κ3) is 9.73. The van der Waals surface area contributed by atoms with E-state index in [9.17, 15) is 29.1 Å². The maximum atomic E-state index is 13.8. The minimum absolute atomic E-state index is 0.0321. The van der Waals surface area contributed by atoms with E-state index < -0.39 is 35.8 Å². The van der Waals surface area contributed by atoms with Crippen molar-refractivity contribution in [3.63, 3.8) is 0 Å². The highest BCUT2D eigenvalue weighted by Crippen LogP contribution is 2.46. The molecule has 1 saturated carbocycles. The minimum Gasteiger partial charge on any atom is -0.481 e. The Morgan fingerprint density at radius 1 is 0.796 bits per heavy atom. The number of aliphatic carboxylic acids is 1. The van der Waals surface area contributed by atoms with Gasteiger partial charge in [0.05, 0.1) is 0 Å². The van der Waals surface area contributed by atoms with Crippen LogP contribution in [0.3, 0.4) is 0 Å². The number of nitrogens with one attached hydrogen (secondary N) is 3. The molecule has 3 aromatic rings. The fourth-order valence-corrected chi connectivity index (χ4v) is 7.59. The van der Waals surface area contributed by atoms with Crippen LogP contribution in [-0.2, 0) is 25.7 Å². The maximum absolute atomic E-state index is 13.8. The summed E-state index contributed by atoms with van der Waals surface area (Å²) in [6, 6.07) is 15.8. The van der Waals surface area contributed by atoms with Crippen molar-refractivity contribution in [2.45, 2.75) is 82.8 Å². The van der Waals surface area contributed by atoms with Crippen LogP contribution < -0.4 is 16.0 Å². The number of amides is 4. The van der Waals surface area contributed by atoms with Crippen LogP contribution in [0.25, 0.3) is 10.8 Å². The first-order valence-corrected chi connectivity index (χ1v) is 17.6. The first-order chi connectivity index (χ1) is 23.5. The largest absolute Gasteiger partial charge is 0.481 e. The number of rotatable bonds is 13. The summed E-state index contributed by atoms with van der Waals surface area (Å²) < 4.78 is 0. The molecule has 12 heteroatoms. The van der Waals surface area contributed by atoms with Crippen molar-refractivity contribution in [2.24, 2.45) is 5.41 Å². The van der Waals surface area contributed by atoms with Gasteiger partial charge in [0.1, 0.15) is 12.1 Å². The van der Waals surface area contributed by atoms with Crippen molar-refractivity contribution >= 4 is 63.6 Å². The van der Waals surface area contributed by atoms with Gasteiger partial charge in [0, 0.05) is 48.1 Å². The van der Waals surface area contributed by atoms with Gasteiger partial charge in [0.25, 0.3) is 5.91 Å². The molecule has 10 nitrogen and oxygen atoms in total. The van der Waals surface area contributed by atoms with E-state index in [1.54, 1.807) is 4.90 Å². The van der Waals surface area contributed by atoms with Crippen molar-refractivity contribution in [3.8, 4) is 0 Å². The van der Waals surface area contributed by atoms with Gasteiger partial charge < -0.3 is 26.0 Å². The Morgan fingerprint density at radius 3 is 2.14 bits per heavy atom. The lowest BCUT2D eigenvalue weighted by molar-refractivity contribution is -0.138. The molecule has 0 aromatic heterocycles. The number of benzene rings is 3. The molecule has 2 aliphatic rings. The molecular weight excluding hydrogens is 667 g/mol. The van der Waals surface area contributed by atoms with E-state index in [1.165, 1.54) is 43.9 Å². The SMILES string of the molecule is O=C(O)CC[C@H](NC(=O)CC[C@@H](NC(=O)c1cc(Cl)cc(Cl)c1)C(=O)N1CCC2(CCCC2)CC1)C(=O)NCc1cccc2ccccc12. The Labute approximate surface area is 295 Å². The van der Waals surface area contributed by atoms with Crippen molar-refractivity contribution in [2.75, 3.05) is 13.1 Å². The van der Waals surface area contributed by atoms with E-state index in [-0.39, 0.29) is 59.2 Å². The Morgan fingerprint density at radius 2 is 1.45 bits per heavy atom. The predicted octanol–water partition coefficient (Wildman–Crippen LogP) is 5.87. The van der Waals surface area contributed by atoms with E-state index in [2.05, 4.69) is 16.0 Å². The number of piperidine rings is 1. The van der Waals surface area contributed by atoms with E-state index in [4.69, 9.17) is 23.2 Å². The molecule has 1 aliphatic carbocycles. The van der Waals surface area contributed by atoms with Gasteiger partial charge in [-0.2, -0.15) is 0 Å². The summed E-state index contributed by atoms with van der Waals surface area (Å²) >= 11 is 12.2. The molecule has 1 aliphatic heterocycles. The van der Waals surface area contributed by atoms with Crippen LogP contribution in [-0.4, -0.2) is 64.8 Å². The van der Waals surface area contributed by atoms with Gasteiger partial charge in [-0.1, -0.05) is 78.5 Å². The second-order valence-corrected chi connectivity index (χ2v) is 14.0.